The smallest absolute Gasteiger partial charge is 0.194 e. The topological polar surface area (TPSA) is 9.23 Å². The molecule has 1 saturated heterocycles. The second kappa shape index (κ2) is 13.5. The van der Waals surface area contributed by atoms with E-state index >= 15 is 0 Å². The highest BCUT2D eigenvalue weighted by Gasteiger charge is 2.27. The van der Waals surface area contributed by atoms with Crippen LogP contribution < -0.4 is 0 Å². The summed E-state index contributed by atoms with van der Waals surface area (Å²) in [5.74, 6) is -3.72. The third kappa shape index (κ3) is 7.34. The van der Waals surface area contributed by atoms with Gasteiger partial charge in [0.1, 0.15) is 5.83 Å². The quantitative estimate of drug-likeness (QED) is 0.177. The first-order valence-corrected chi connectivity index (χ1v) is 13.9. The predicted molar refractivity (Wildman–Crippen MR) is 141 cm³/mol. The summed E-state index contributed by atoms with van der Waals surface area (Å²) in [7, 11) is 0. The highest BCUT2D eigenvalue weighted by Crippen LogP contribution is 2.40. The number of allylic oxidation sites excluding steroid dienone is 3. The maximum atomic E-state index is 14.4. The number of benzene rings is 2. The van der Waals surface area contributed by atoms with Crippen molar-refractivity contribution in [1.29, 1.82) is 0 Å². The Hall–Kier alpha value is -2.47. The van der Waals surface area contributed by atoms with Crippen molar-refractivity contribution < 1.29 is 26.7 Å². The van der Waals surface area contributed by atoms with Gasteiger partial charge in [-0.2, -0.15) is 0 Å². The van der Waals surface area contributed by atoms with E-state index in [-0.39, 0.29) is 6.42 Å². The first-order chi connectivity index (χ1) is 18.4. The van der Waals surface area contributed by atoms with Gasteiger partial charge in [-0.15, -0.1) is 0 Å². The number of hydrogen-bond donors (Lipinski definition) is 0. The average Bonchev–Trinajstić information content (AvgIpc) is 2.95. The Kier molecular flexibility index (Phi) is 10.2. The van der Waals surface area contributed by atoms with Gasteiger partial charge in [0.2, 0.25) is 0 Å². The lowest BCUT2D eigenvalue weighted by atomic mass is 9.76. The Morgan fingerprint density at radius 1 is 0.842 bits per heavy atom. The largest absolute Gasteiger partial charge is 0.373 e. The molecule has 1 heterocycles. The van der Waals surface area contributed by atoms with Gasteiger partial charge >= 0.3 is 0 Å². The van der Waals surface area contributed by atoms with Crippen LogP contribution >= 0.6 is 0 Å². The van der Waals surface area contributed by atoms with Crippen LogP contribution in [-0.2, 0) is 4.74 Å². The summed E-state index contributed by atoms with van der Waals surface area (Å²) in [6, 6.07) is 9.33. The van der Waals surface area contributed by atoms with Crippen LogP contribution in [0.15, 0.2) is 54.4 Å². The maximum Gasteiger partial charge on any atom is 0.194 e. The van der Waals surface area contributed by atoms with Gasteiger partial charge in [-0.25, -0.2) is 22.0 Å². The molecule has 0 amide bonds. The second-order valence-electron chi connectivity index (χ2n) is 10.8. The highest BCUT2D eigenvalue weighted by molar-refractivity contribution is 5.61. The summed E-state index contributed by atoms with van der Waals surface area (Å²) in [5.41, 5.74) is 1.85. The summed E-state index contributed by atoms with van der Waals surface area (Å²) in [4.78, 5) is 0. The van der Waals surface area contributed by atoms with E-state index in [0.717, 1.165) is 57.1 Å². The monoisotopic (exact) mass is 532 g/mol. The van der Waals surface area contributed by atoms with E-state index in [4.69, 9.17) is 4.74 Å². The van der Waals surface area contributed by atoms with Crippen molar-refractivity contribution in [3.8, 4) is 0 Å². The fraction of sp³-hybridized carbons (Fsp3) is 0.500. The predicted octanol–water partition coefficient (Wildman–Crippen LogP) is 10.3. The van der Waals surface area contributed by atoms with Crippen molar-refractivity contribution in [1.82, 2.24) is 0 Å². The van der Waals surface area contributed by atoms with Crippen molar-refractivity contribution in [3.05, 3.63) is 88.5 Å². The van der Waals surface area contributed by atoms with E-state index in [1.165, 1.54) is 5.56 Å². The van der Waals surface area contributed by atoms with E-state index < -0.39 is 35.2 Å². The molecule has 1 saturated carbocycles. The first kappa shape index (κ1) is 28.5. The molecule has 1 aliphatic carbocycles. The van der Waals surface area contributed by atoms with Gasteiger partial charge in [0.15, 0.2) is 23.3 Å². The van der Waals surface area contributed by atoms with Crippen molar-refractivity contribution >= 4 is 5.83 Å². The molecule has 0 radical (unpaired) electrons. The number of halogens is 5. The van der Waals surface area contributed by atoms with E-state index in [0.29, 0.717) is 48.3 Å². The summed E-state index contributed by atoms with van der Waals surface area (Å²) < 4.78 is 74.7. The zero-order valence-corrected chi connectivity index (χ0v) is 22.0. The SMILES string of the molecule is CC=CCCC(F)=C(F)c1ccc(C2CCC(CCC3CCC(c4cc(F)c(F)c(F)c4)OC3)CC2)cc1. The molecule has 38 heavy (non-hydrogen) atoms. The highest BCUT2D eigenvalue weighted by atomic mass is 19.2. The second-order valence-corrected chi connectivity index (χ2v) is 10.8. The Morgan fingerprint density at radius 3 is 2.08 bits per heavy atom. The van der Waals surface area contributed by atoms with Gasteiger partial charge in [-0.1, -0.05) is 42.8 Å². The molecule has 2 atom stereocenters. The minimum absolute atomic E-state index is 0.0731. The molecule has 2 aromatic carbocycles. The van der Waals surface area contributed by atoms with Crippen molar-refractivity contribution in [2.45, 2.75) is 83.2 Å². The van der Waals surface area contributed by atoms with Gasteiger partial charge < -0.3 is 4.74 Å². The Morgan fingerprint density at radius 2 is 1.47 bits per heavy atom. The minimum atomic E-state index is -1.44. The minimum Gasteiger partial charge on any atom is -0.373 e. The van der Waals surface area contributed by atoms with E-state index in [1.54, 1.807) is 12.1 Å². The standard InChI is InChI=1S/C32H37F5O/c1-2-3-4-5-27(33)31(36)25-15-13-24(14-16-25)23-11-8-21(9-12-23)6-7-22-10-17-30(38-20-22)26-18-28(34)32(37)29(35)19-26/h2-3,13-16,18-19,21-23,30H,4-12,17,20H2,1H3. The van der Waals surface area contributed by atoms with Gasteiger partial charge in [0, 0.05) is 12.0 Å². The van der Waals surface area contributed by atoms with Gasteiger partial charge in [-0.3, -0.25) is 0 Å². The molecule has 1 aliphatic heterocycles. The maximum absolute atomic E-state index is 14.4. The summed E-state index contributed by atoms with van der Waals surface area (Å²) in [6.07, 6.45) is 12.1. The molecule has 0 bridgehead atoms. The Labute approximate surface area is 222 Å². The molecule has 1 nitrogen and oxygen atoms in total. The zero-order chi connectivity index (χ0) is 27.1. The third-order valence-corrected chi connectivity index (χ3v) is 8.22. The summed E-state index contributed by atoms with van der Waals surface area (Å²) in [6.45, 7) is 2.41. The lowest BCUT2D eigenvalue weighted by Gasteiger charge is -2.32. The van der Waals surface area contributed by atoms with Gasteiger partial charge in [0.05, 0.1) is 12.7 Å². The van der Waals surface area contributed by atoms with E-state index in [2.05, 4.69) is 0 Å². The van der Waals surface area contributed by atoms with Crippen LogP contribution in [0.2, 0.25) is 0 Å². The number of ether oxygens (including phenoxy) is 1. The molecule has 0 aromatic heterocycles. The molecule has 2 fully saturated rings. The van der Waals surface area contributed by atoms with Crippen LogP contribution in [-0.4, -0.2) is 6.61 Å². The molecule has 6 heteroatoms. The molecule has 2 aromatic rings. The zero-order valence-electron chi connectivity index (χ0n) is 22.0. The fourth-order valence-electron chi connectivity index (χ4n) is 5.86. The summed E-state index contributed by atoms with van der Waals surface area (Å²) >= 11 is 0. The Bertz CT molecular complexity index is 1080. The van der Waals surface area contributed by atoms with Crippen LogP contribution in [0.1, 0.15) is 99.8 Å². The van der Waals surface area contributed by atoms with Crippen LogP contribution in [0.25, 0.3) is 5.83 Å². The Balaban J connectivity index is 1.19. The van der Waals surface area contributed by atoms with E-state index in [9.17, 15) is 22.0 Å². The lowest BCUT2D eigenvalue weighted by Crippen LogP contribution is -2.22. The van der Waals surface area contributed by atoms with Crippen LogP contribution in [0.5, 0.6) is 0 Å². The molecule has 0 N–H and O–H groups in total. The fourth-order valence-corrected chi connectivity index (χ4v) is 5.86. The third-order valence-electron chi connectivity index (χ3n) is 8.22. The first-order valence-electron chi connectivity index (χ1n) is 13.9. The molecule has 2 aliphatic rings. The van der Waals surface area contributed by atoms with Crippen molar-refractivity contribution in [3.63, 3.8) is 0 Å². The van der Waals surface area contributed by atoms with E-state index in [1.807, 2.05) is 31.2 Å². The normalized spacial score (nSPS) is 25.0. The van der Waals surface area contributed by atoms with Gasteiger partial charge in [-0.05, 0) is 99.3 Å². The van der Waals surface area contributed by atoms with Gasteiger partial charge in [0.25, 0.3) is 0 Å². The molecule has 2 unspecified atom stereocenters. The van der Waals surface area contributed by atoms with Crippen LogP contribution in [0, 0.1) is 29.3 Å². The van der Waals surface area contributed by atoms with Crippen LogP contribution in [0.4, 0.5) is 22.0 Å². The molecular weight excluding hydrogens is 495 g/mol. The summed E-state index contributed by atoms with van der Waals surface area (Å²) in [5, 5.41) is 0. The molecular formula is C32H37F5O. The lowest BCUT2D eigenvalue weighted by molar-refractivity contribution is -0.0214. The van der Waals surface area contributed by atoms with Crippen LogP contribution in [0.3, 0.4) is 0 Å². The molecule has 206 valence electrons. The average molecular weight is 533 g/mol. The molecule has 0 spiro atoms. The van der Waals surface area contributed by atoms with Crippen molar-refractivity contribution in [2.75, 3.05) is 6.61 Å². The molecule has 4 rings (SSSR count). The van der Waals surface area contributed by atoms with Crippen molar-refractivity contribution in [2.24, 2.45) is 11.8 Å². The number of rotatable bonds is 9. The number of hydrogen-bond acceptors (Lipinski definition) is 1.